The number of aromatic nitrogens is 4. The van der Waals surface area contributed by atoms with Crippen LogP contribution in [0.1, 0.15) is 41.5 Å². The summed E-state index contributed by atoms with van der Waals surface area (Å²) in [6.45, 7) is 5.80. The van der Waals surface area contributed by atoms with Crippen molar-refractivity contribution in [3.63, 3.8) is 0 Å². The predicted octanol–water partition coefficient (Wildman–Crippen LogP) is 4.27. The molecule has 4 aromatic rings. The third kappa shape index (κ3) is 4.36. The van der Waals surface area contributed by atoms with Gasteiger partial charge in [0.1, 0.15) is 18.7 Å². The lowest BCUT2D eigenvalue weighted by atomic mass is 10.1. The monoisotopic (exact) mass is 451 g/mol. The van der Waals surface area contributed by atoms with E-state index in [2.05, 4.69) is 15.3 Å². The fraction of sp³-hybridized carbons (Fsp3) is 0.217. The number of nitrogens with one attached hydrogen (secondary N) is 1. The zero-order valence-corrected chi connectivity index (χ0v) is 18.6. The van der Waals surface area contributed by atoms with E-state index in [0.29, 0.717) is 33.5 Å². The highest BCUT2D eigenvalue weighted by molar-refractivity contribution is 6.31. The third-order valence-corrected chi connectivity index (χ3v) is 5.17. The summed E-state index contributed by atoms with van der Waals surface area (Å²) in [5, 5.41) is 3.30. The number of anilines is 1. The second-order valence-corrected chi connectivity index (χ2v) is 8.05. The minimum atomic E-state index is -0.271. The molecule has 0 aliphatic rings. The van der Waals surface area contributed by atoms with E-state index < -0.39 is 0 Å². The minimum absolute atomic E-state index is 0.0230. The number of nitrogens with zero attached hydrogens (tertiary/aromatic N) is 4. The number of halogens is 1. The summed E-state index contributed by atoms with van der Waals surface area (Å²) in [7, 11) is 0. The first-order chi connectivity index (χ1) is 15.3. The molecule has 0 fully saturated rings. The topological polar surface area (TPSA) is 90.5 Å². The van der Waals surface area contributed by atoms with Crippen LogP contribution in [0.5, 0.6) is 5.75 Å². The standard InChI is InChI=1S/C23H22ClN5O3/c1-14(2)28-13-25-23-26-17(11-21(30)29(23)28)12-32-20-9-8-16(24)10-19(20)27-22(31)18-7-5-4-6-15(18)3/h4-11,13-14H,12H2,1-3H3,(H,27,31). The molecule has 0 saturated heterocycles. The van der Waals surface area contributed by atoms with E-state index in [9.17, 15) is 9.59 Å². The lowest BCUT2D eigenvalue weighted by Gasteiger charge is -2.14. The largest absolute Gasteiger partial charge is 0.485 e. The van der Waals surface area contributed by atoms with Gasteiger partial charge >= 0.3 is 0 Å². The van der Waals surface area contributed by atoms with Crippen LogP contribution in [0, 0.1) is 6.92 Å². The number of carbonyl (C=O) groups is 1. The lowest BCUT2D eigenvalue weighted by molar-refractivity contribution is 0.102. The van der Waals surface area contributed by atoms with Crippen LogP contribution in [0.4, 0.5) is 5.69 Å². The highest BCUT2D eigenvalue weighted by Crippen LogP contribution is 2.29. The van der Waals surface area contributed by atoms with Gasteiger partial charge in [0.15, 0.2) is 0 Å². The Balaban J connectivity index is 1.57. The van der Waals surface area contributed by atoms with Gasteiger partial charge in [-0.3, -0.25) is 14.3 Å². The Labute approximate surface area is 189 Å². The summed E-state index contributed by atoms with van der Waals surface area (Å²) in [4.78, 5) is 33.9. The molecule has 2 aromatic carbocycles. The molecule has 0 radical (unpaired) electrons. The van der Waals surface area contributed by atoms with Gasteiger partial charge in [-0.1, -0.05) is 29.8 Å². The smallest absolute Gasteiger partial charge is 0.274 e. The van der Waals surface area contributed by atoms with E-state index in [1.807, 2.05) is 32.9 Å². The van der Waals surface area contributed by atoms with Gasteiger partial charge in [0.25, 0.3) is 17.2 Å². The average Bonchev–Trinajstić information content (AvgIpc) is 3.18. The van der Waals surface area contributed by atoms with Crippen LogP contribution in [-0.4, -0.2) is 25.1 Å². The summed E-state index contributed by atoms with van der Waals surface area (Å²) < 4.78 is 9.02. The number of fused-ring (bicyclic) bond motifs is 1. The van der Waals surface area contributed by atoms with Crippen LogP contribution < -0.4 is 15.6 Å². The van der Waals surface area contributed by atoms with Gasteiger partial charge in [0.2, 0.25) is 0 Å². The summed E-state index contributed by atoms with van der Waals surface area (Å²) in [5.74, 6) is 0.437. The van der Waals surface area contributed by atoms with Gasteiger partial charge in [-0.25, -0.2) is 4.98 Å². The number of hydrogen-bond acceptors (Lipinski definition) is 5. The van der Waals surface area contributed by atoms with Crippen molar-refractivity contribution in [3.8, 4) is 5.75 Å². The molecule has 0 aliphatic heterocycles. The highest BCUT2D eigenvalue weighted by Gasteiger charge is 2.14. The van der Waals surface area contributed by atoms with Crippen LogP contribution in [0.15, 0.2) is 59.7 Å². The number of benzene rings is 2. The van der Waals surface area contributed by atoms with E-state index in [0.717, 1.165) is 5.56 Å². The fourth-order valence-electron chi connectivity index (χ4n) is 3.31. The Morgan fingerprint density at radius 3 is 2.72 bits per heavy atom. The zero-order chi connectivity index (χ0) is 22.8. The molecule has 0 bridgehead atoms. The van der Waals surface area contributed by atoms with Gasteiger partial charge in [0, 0.05) is 22.7 Å². The quantitative estimate of drug-likeness (QED) is 0.473. The van der Waals surface area contributed by atoms with Crippen molar-refractivity contribution in [1.82, 2.24) is 19.2 Å². The van der Waals surface area contributed by atoms with Crippen molar-refractivity contribution in [3.05, 3.63) is 87.1 Å². The van der Waals surface area contributed by atoms with Crippen LogP contribution in [0.2, 0.25) is 5.02 Å². The highest BCUT2D eigenvalue weighted by atomic mass is 35.5. The molecule has 164 valence electrons. The number of ether oxygens (including phenoxy) is 1. The number of rotatable bonds is 6. The van der Waals surface area contributed by atoms with Gasteiger partial charge < -0.3 is 10.1 Å². The van der Waals surface area contributed by atoms with Gasteiger partial charge in [-0.2, -0.15) is 9.50 Å². The Bertz CT molecular complexity index is 1360. The Hall–Kier alpha value is -3.65. The number of hydrogen-bond donors (Lipinski definition) is 1. The number of amides is 1. The predicted molar refractivity (Wildman–Crippen MR) is 123 cm³/mol. The van der Waals surface area contributed by atoms with E-state index in [1.54, 1.807) is 41.3 Å². The normalized spacial score (nSPS) is 11.2. The molecular formula is C23H22ClN5O3. The molecule has 4 rings (SSSR count). The molecule has 0 atom stereocenters. The Kier molecular flexibility index (Phi) is 5.96. The van der Waals surface area contributed by atoms with Crippen molar-refractivity contribution in [1.29, 1.82) is 0 Å². The van der Waals surface area contributed by atoms with E-state index in [-0.39, 0.29) is 24.1 Å². The SMILES string of the molecule is Cc1ccccc1C(=O)Nc1cc(Cl)ccc1OCc1cc(=O)n2c(ncn2C(C)C)n1. The lowest BCUT2D eigenvalue weighted by Crippen LogP contribution is -2.23. The van der Waals surface area contributed by atoms with E-state index >= 15 is 0 Å². The van der Waals surface area contributed by atoms with Crippen LogP contribution in [0.25, 0.3) is 5.78 Å². The average molecular weight is 452 g/mol. The molecule has 2 aromatic heterocycles. The third-order valence-electron chi connectivity index (χ3n) is 4.94. The van der Waals surface area contributed by atoms with E-state index in [1.165, 1.54) is 10.6 Å². The molecule has 2 heterocycles. The number of carbonyl (C=O) groups excluding carboxylic acids is 1. The first kappa shape index (κ1) is 21.6. The summed E-state index contributed by atoms with van der Waals surface area (Å²) in [6, 6.07) is 13.7. The minimum Gasteiger partial charge on any atom is -0.485 e. The van der Waals surface area contributed by atoms with Crippen LogP contribution >= 0.6 is 11.6 Å². The van der Waals surface area contributed by atoms with Crippen LogP contribution in [0.3, 0.4) is 0 Å². The maximum absolute atomic E-state index is 12.7. The Morgan fingerprint density at radius 2 is 1.97 bits per heavy atom. The van der Waals surface area contributed by atoms with E-state index in [4.69, 9.17) is 16.3 Å². The molecule has 0 unspecified atom stereocenters. The first-order valence-electron chi connectivity index (χ1n) is 10.1. The molecule has 1 N–H and O–H groups in total. The second-order valence-electron chi connectivity index (χ2n) is 7.61. The first-order valence-corrected chi connectivity index (χ1v) is 10.5. The van der Waals surface area contributed by atoms with Crippen molar-refractivity contribution in [2.24, 2.45) is 0 Å². The van der Waals surface area contributed by atoms with Crippen molar-refractivity contribution >= 4 is 29.0 Å². The maximum atomic E-state index is 12.7. The van der Waals surface area contributed by atoms with Gasteiger partial charge in [0.05, 0.1) is 11.4 Å². The second kappa shape index (κ2) is 8.84. The molecular weight excluding hydrogens is 430 g/mol. The van der Waals surface area contributed by atoms with Crippen molar-refractivity contribution < 1.29 is 9.53 Å². The molecule has 9 heteroatoms. The molecule has 0 aliphatic carbocycles. The fourth-order valence-corrected chi connectivity index (χ4v) is 3.48. The van der Waals surface area contributed by atoms with Crippen LogP contribution in [-0.2, 0) is 6.61 Å². The molecule has 8 nitrogen and oxygen atoms in total. The molecule has 0 spiro atoms. The summed E-state index contributed by atoms with van der Waals surface area (Å²) in [6.07, 6.45) is 1.58. The van der Waals surface area contributed by atoms with Gasteiger partial charge in [-0.05, 0) is 50.6 Å². The molecule has 1 amide bonds. The summed E-state index contributed by atoms with van der Waals surface area (Å²) in [5.41, 5.74) is 2.01. The maximum Gasteiger partial charge on any atom is 0.274 e. The molecule has 0 saturated carbocycles. The zero-order valence-electron chi connectivity index (χ0n) is 17.9. The van der Waals surface area contributed by atoms with Crippen molar-refractivity contribution in [2.45, 2.75) is 33.4 Å². The van der Waals surface area contributed by atoms with Gasteiger partial charge in [-0.15, -0.1) is 0 Å². The number of aryl methyl sites for hydroxylation is 1. The summed E-state index contributed by atoms with van der Waals surface area (Å²) >= 11 is 6.13. The Morgan fingerprint density at radius 1 is 1.19 bits per heavy atom. The van der Waals surface area contributed by atoms with Crippen molar-refractivity contribution in [2.75, 3.05) is 5.32 Å². The molecule has 32 heavy (non-hydrogen) atoms.